The van der Waals surface area contributed by atoms with Crippen LogP contribution in [0.5, 0.6) is 0 Å². The summed E-state index contributed by atoms with van der Waals surface area (Å²) >= 11 is 6.97. The fourth-order valence-corrected chi connectivity index (χ4v) is 5.74. The maximum atomic E-state index is 12.5. The van der Waals surface area contributed by atoms with E-state index in [9.17, 15) is 4.79 Å². The van der Waals surface area contributed by atoms with E-state index in [0.717, 1.165) is 31.9 Å². The molecule has 2 aromatic heterocycles. The molecule has 0 saturated carbocycles. The average Bonchev–Trinajstić information content (AvgIpc) is 3.15. The summed E-state index contributed by atoms with van der Waals surface area (Å²) in [7, 11) is 0. The second-order valence-corrected chi connectivity index (χ2v) is 8.81. The quantitative estimate of drug-likeness (QED) is 0.676. The van der Waals surface area contributed by atoms with E-state index in [2.05, 4.69) is 37.5 Å². The number of nitrogens with zero attached hydrogens (tertiary/aromatic N) is 1. The van der Waals surface area contributed by atoms with Crippen LogP contribution in [0.25, 0.3) is 11.3 Å². The molecule has 3 aromatic rings. The molecule has 116 valence electrons. The van der Waals surface area contributed by atoms with Crippen molar-refractivity contribution in [3.8, 4) is 11.3 Å². The smallest absolute Gasteiger partial charge is 0.269 e. The summed E-state index contributed by atoms with van der Waals surface area (Å²) in [6.07, 6.45) is 0. The van der Waals surface area contributed by atoms with Crippen molar-refractivity contribution >= 4 is 44.9 Å². The van der Waals surface area contributed by atoms with Gasteiger partial charge >= 0.3 is 0 Å². The molecule has 2 N–H and O–H groups in total. The van der Waals surface area contributed by atoms with Crippen LogP contribution in [0.3, 0.4) is 0 Å². The molecule has 0 radical (unpaired) electrons. The highest BCUT2D eigenvalue weighted by Crippen LogP contribution is 2.47. The SMILES string of the molecule is O=C(NCc1ccccc1)c1[nH]nc2c1CSc1sc(Br)cc1-2. The summed E-state index contributed by atoms with van der Waals surface area (Å²) in [5.74, 6) is 0.654. The topological polar surface area (TPSA) is 57.8 Å². The van der Waals surface area contributed by atoms with Crippen LogP contribution in [0.1, 0.15) is 21.6 Å². The summed E-state index contributed by atoms with van der Waals surface area (Å²) in [5.41, 5.74) is 4.62. The number of aromatic nitrogens is 2. The van der Waals surface area contributed by atoms with Crippen LogP contribution in [0.15, 0.2) is 44.4 Å². The van der Waals surface area contributed by atoms with Crippen LogP contribution in [-0.2, 0) is 12.3 Å². The first-order valence-electron chi connectivity index (χ1n) is 7.04. The van der Waals surface area contributed by atoms with Crippen LogP contribution in [0.4, 0.5) is 0 Å². The first-order chi connectivity index (χ1) is 11.2. The molecule has 4 nitrogen and oxygen atoms in total. The van der Waals surface area contributed by atoms with Gasteiger partial charge in [0, 0.05) is 23.4 Å². The van der Waals surface area contributed by atoms with E-state index in [1.54, 1.807) is 23.1 Å². The van der Waals surface area contributed by atoms with Gasteiger partial charge in [-0.15, -0.1) is 23.1 Å². The number of nitrogens with one attached hydrogen (secondary N) is 2. The van der Waals surface area contributed by atoms with Gasteiger partial charge in [-0.2, -0.15) is 5.10 Å². The first kappa shape index (κ1) is 15.0. The third-order valence-corrected chi connectivity index (χ3v) is 6.61. The molecule has 0 atom stereocenters. The second-order valence-electron chi connectivity index (χ2n) is 5.13. The van der Waals surface area contributed by atoms with Crippen LogP contribution < -0.4 is 5.32 Å². The summed E-state index contributed by atoms with van der Waals surface area (Å²) < 4.78 is 2.33. The van der Waals surface area contributed by atoms with Crippen molar-refractivity contribution in [2.24, 2.45) is 0 Å². The van der Waals surface area contributed by atoms with Crippen molar-refractivity contribution in [2.75, 3.05) is 0 Å². The lowest BCUT2D eigenvalue weighted by Crippen LogP contribution is -2.24. The number of thioether (sulfide) groups is 1. The van der Waals surface area contributed by atoms with Gasteiger partial charge in [0.15, 0.2) is 0 Å². The Morgan fingerprint density at radius 3 is 3.00 bits per heavy atom. The maximum Gasteiger partial charge on any atom is 0.269 e. The standard InChI is InChI=1S/C16H12BrN3OS2/c17-12-6-10-13-11(8-22-16(10)23-12)14(20-19-13)15(21)18-7-9-4-2-1-3-5-9/h1-6H,7-8H2,(H,18,21)(H,19,20). The Balaban J connectivity index is 1.57. The Morgan fingerprint density at radius 2 is 2.17 bits per heavy atom. The number of halogens is 1. The maximum absolute atomic E-state index is 12.5. The molecule has 1 aromatic carbocycles. The zero-order valence-corrected chi connectivity index (χ0v) is 15.1. The fourth-order valence-electron chi connectivity index (χ4n) is 2.54. The Bertz CT molecular complexity index is 873. The van der Waals surface area contributed by atoms with Gasteiger partial charge in [0.05, 0.1) is 13.7 Å². The molecule has 3 heterocycles. The molecule has 0 fully saturated rings. The average molecular weight is 406 g/mol. The van der Waals surface area contributed by atoms with Crippen molar-refractivity contribution in [1.82, 2.24) is 15.5 Å². The minimum absolute atomic E-state index is 0.110. The van der Waals surface area contributed by atoms with Crippen molar-refractivity contribution < 1.29 is 4.79 Å². The number of carbonyl (C=O) groups excluding carboxylic acids is 1. The van der Waals surface area contributed by atoms with Crippen molar-refractivity contribution in [1.29, 1.82) is 0 Å². The van der Waals surface area contributed by atoms with E-state index in [0.29, 0.717) is 12.2 Å². The number of carbonyl (C=O) groups is 1. The van der Waals surface area contributed by atoms with E-state index in [-0.39, 0.29) is 5.91 Å². The van der Waals surface area contributed by atoms with Gasteiger partial charge in [-0.1, -0.05) is 30.3 Å². The van der Waals surface area contributed by atoms with Crippen LogP contribution in [0, 0.1) is 0 Å². The molecule has 7 heteroatoms. The van der Waals surface area contributed by atoms with E-state index in [1.165, 1.54) is 4.21 Å². The van der Waals surface area contributed by atoms with Crippen LogP contribution in [0.2, 0.25) is 0 Å². The zero-order chi connectivity index (χ0) is 15.8. The number of hydrogen-bond donors (Lipinski definition) is 2. The second kappa shape index (κ2) is 6.14. The minimum atomic E-state index is -0.110. The molecular weight excluding hydrogens is 394 g/mol. The highest BCUT2D eigenvalue weighted by molar-refractivity contribution is 9.11. The van der Waals surface area contributed by atoms with Gasteiger partial charge in [0.1, 0.15) is 5.69 Å². The minimum Gasteiger partial charge on any atom is -0.347 e. The van der Waals surface area contributed by atoms with Gasteiger partial charge in [-0.3, -0.25) is 9.89 Å². The lowest BCUT2D eigenvalue weighted by Gasteiger charge is -2.11. The van der Waals surface area contributed by atoms with Crippen molar-refractivity contribution in [3.05, 3.63) is 57.0 Å². The zero-order valence-electron chi connectivity index (χ0n) is 11.9. The van der Waals surface area contributed by atoms with Gasteiger partial charge in [-0.05, 0) is 27.6 Å². The molecule has 1 amide bonds. The molecule has 0 unspecified atom stereocenters. The van der Waals surface area contributed by atoms with Gasteiger partial charge < -0.3 is 5.32 Å². The Kier molecular flexibility index (Phi) is 4.00. The molecule has 1 aliphatic heterocycles. The number of rotatable bonds is 3. The number of H-pyrrole nitrogens is 1. The lowest BCUT2D eigenvalue weighted by molar-refractivity contribution is 0.0945. The number of amides is 1. The number of thiophene rings is 1. The van der Waals surface area contributed by atoms with E-state index >= 15 is 0 Å². The summed E-state index contributed by atoms with van der Waals surface area (Å²) in [6.45, 7) is 0.510. The lowest BCUT2D eigenvalue weighted by atomic mass is 10.1. The Hall–Kier alpha value is -1.57. The summed E-state index contributed by atoms with van der Waals surface area (Å²) in [5, 5.41) is 10.2. The predicted octanol–water partition coefficient (Wildman–Crippen LogP) is 4.44. The summed E-state index contributed by atoms with van der Waals surface area (Å²) in [6, 6.07) is 11.9. The fraction of sp³-hybridized carbons (Fsp3) is 0.125. The number of benzene rings is 1. The number of aromatic amines is 1. The molecule has 23 heavy (non-hydrogen) atoms. The molecule has 1 aliphatic rings. The van der Waals surface area contributed by atoms with Crippen molar-refractivity contribution in [2.45, 2.75) is 16.5 Å². The van der Waals surface area contributed by atoms with Crippen LogP contribution >= 0.6 is 39.0 Å². The van der Waals surface area contributed by atoms with E-state index in [4.69, 9.17) is 0 Å². The number of hydrogen-bond acceptors (Lipinski definition) is 4. The predicted molar refractivity (Wildman–Crippen MR) is 96.8 cm³/mol. The van der Waals surface area contributed by atoms with Gasteiger partial charge in [0.2, 0.25) is 0 Å². The Labute approximate surface area is 149 Å². The van der Waals surface area contributed by atoms with E-state index in [1.807, 2.05) is 30.3 Å². The molecule has 0 spiro atoms. The molecule has 0 bridgehead atoms. The first-order valence-corrected chi connectivity index (χ1v) is 9.64. The number of fused-ring (bicyclic) bond motifs is 3. The summed E-state index contributed by atoms with van der Waals surface area (Å²) in [4.78, 5) is 12.5. The van der Waals surface area contributed by atoms with Crippen LogP contribution in [-0.4, -0.2) is 16.1 Å². The van der Waals surface area contributed by atoms with E-state index < -0.39 is 0 Å². The highest BCUT2D eigenvalue weighted by Gasteiger charge is 2.27. The molecule has 0 aliphatic carbocycles. The largest absolute Gasteiger partial charge is 0.347 e. The van der Waals surface area contributed by atoms with Crippen molar-refractivity contribution in [3.63, 3.8) is 0 Å². The molecule has 4 rings (SSSR count). The third-order valence-electron chi connectivity index (χ3n) is 3.66. The highest BCUT2D eigenvalue weighted by atomic mass is 79.9. The monoisotopic (exact) mass is 405 g/mol. The molecule has 0 saturated heterocycles. The van der Waals surface area contributed by atoms with Gasteiger partial charge in [0.25, 0.3) is 5.91 Å². The Morgan fingerprint density at radius 1 is 1.35 bits per heavy atom. The van der Waals surface area contributed by atoms with Gasteiger partial charge in [-0.25, -0.2) is 0 Å². The third kappa shape index (κ3) is 2.84. The normalized spacial score (nSPS) is 12.6. The molecular formula is C16H12BrN3OS2.